The number of ether oxygens (including phenoxy) is 1. The predicted octanol–water partition coefficient (Wildman–Crippen LogP) is 2.75. The number of anilines is 1. The van der Waals surface area contributed by atoms with Gasteiger partial charge in [0, 0.05) is 43.0 Å². The molecule has 1 fully saturated rings. The normalized spacial score (nSPS) is 15.8. The van der Waals surface area contributed by atoms with E-state index in [1.807, 2.05) is 36.1 Å². The fourth-order valence-corrected chi connectivity index (χ4v) is 3.04. The van der Waals surface area contributed by atoms with Crippen molar-refractivity contribution >= 4 is 27.8 Å². The van der Waals surface area contributed by atoms with Gasteiger partial charge in [-0.15, -0.1) is 0 Å². The standard InChI is InChI=1S/C18H21BrN4O2/c1-2-16(25-15-6-4-14(19)5-7-15)17(24)22-10-12-23(13-11-22)18-20-8-3-9-21-18/h3-9,16H,2,10-13H2,1H3/t16-/m1/s1. The number of nitrogens with zero attached hydrogens (tertiary/aromatic N) is 4. The summed E-state index contributed by atoms with van der Waals surface area (Å²) in [6.45, 7) is 4.72. The minimum atomic E-state index is -0.458. The molecule has 1 aromatic carbocycles. The Morgan fingerprint density at radius 1 is 1.16 bits per heavy atom. The topological polar surface area (TPSA) is 58.6 Å². The Balaban J connectivity index is 1.57. The molecule has 132 valence electrons. The lowest BCUT2D eigenvalue weighted by molar-refractivity contribution is -0.139. The van der Waals surface area contributed by atoms with Crippen LogP contribution < -0.4 is 9.64 Å². The van der Waals surface area contributed by atoms with Crippen LogP contribution in [0.4, 0.5) is 5.95 Å². The van der Waals surface area contributed by atoms with Crippen LogP contribution in [-0.2, 0) is 4.79 Å². The maximum atomic E-state index is 12.8. The first-order valence-electron chi connectivity index (χ1n) is 8.40. The van der Waals surface area contributed by atoms with Crippen LogP contribution >= 0.6 is 15.9 Å². The molecule has 0 bridgehead atoms. The molecule has 2 aromatic rings. The molecule has 1 aliphatic heterocycles. The summed E-state index contributed by atoms with van der Waals surface area (Å²) >= 11 is 3.40. The molecule has 1 aliphatic rings. The summed E-state index contributed by atoms with van der Waals surface area (Å²) in [5.41, 5.74) is 0. The highest BCUT2D eigenvalue weighted by molar-refractivity contribution is 9.10. The molecule has 0 N–H and O–H groups in total. The third-order valence-corrected chi connectivity index (χ3v) is 4.69. The van der Waals surface area contributed by atoms with E-state index in [-0.39, 0.29) is 5.91 Å². The van der Waals surface area contributed by atoms with Crippen LogP contribution in [0.1, 0.15) is 13.3 Å². The van der Waals surface area contributed by atoms with E-state index in [0.717, 1.165) is 17.6 Å². The molecule has 0 unspecified atom stereocenters. The van der Waals surface area contributed by atoms with Gasteiger partial charge < -0.3 is 14.5 Å². The van der Waals surface area contributed by atoms with Crippen LogP contribution in [0.15, 0.2) is 47.2 Å². The van der Waals surface area contributed by atoms with Crippen molar-refractivity contribution in [3.8, 4) is 5.75 Å². The minimum absolute atomic E-state index is 0.0408. The molecule has 0 spiro atoms. The lowest BCUT2D eigenvalue weighted by Gasteiger charge is -2.36. The molecule has 2 heterocycles. The second-order valence-corrected chi connectivity index (χ2v) is 6.75. The lowest BCUT2D eigenvalue weighted by Crippen LogP contribution is -2.52. The molecule has 0 aliphatic carbocycles. The summed E-state index contributed by atoms with van der Waals surface area (Å²) in [4.78, 5) is 25.3. The first kappa shape index (κ1) is 17.7. The van der Waals surface area contributed by atoms with Gasteiger partial charge in [0.25, 0.3) is 5.91 Å². The van der Waals surface area contributed by atoms with Gasteiger partial charge in [0.1, 0.15) is 5.75 Å². The highest BCUT2D eigenvalue weighted by Crippen LogP contribution is 2.19. The van der Waals surface area contributed by atoms with Gasteiger partial charge in [-0.2, -0.15) is 0 Å². The fourth-order valence-electron chi connectivity index (χ4n) is 2.77. The fraction of sp³-hybridized carbons (Fsp3) is 0.389. The summed E-state index contributed by atoms with van der Waals surface area (Å²) in [5, 5.41) is 0. The Hall–Kier alpha value is -2.15. The zero-order chi connectivity index (χ0) is 17.6. The molecule has 25 heavy (non-hydrogen) atoms. The molecule has 1 saturated heterocycles. The van der Waals surface area contributed by atoms with Gasteiger partial charge in [-0.3, -0.25) is 4.79 Å². The number of carbonyl (C=O) groups excluding carboxylic acids is 1. The summed E-state index contributed by atoms with van der Waals surface area (Å²) in [6.07, 6.45) is 3.65. The third kappa shape index (κ3) is 4.48. The number of benzene rings is 1. The summed E-state index contributed by atoms with van der Waals surface area (Å²) in [7, 11) is 0. The van der Waals surface area contributed by atoms with Crippen molar-refractivity contribution < 1.29 is 9.53 Å². The quantitative estimate of drug-likeness (QED) is 0.766. The molecular formula is C18H21BrN4O2. The van der Waals surface area contributed by atoms with E-state index in [0.29, 0.717) is 31.2 Å². The van der Waals surface area contributed by atoms with E-state index in [1.54, 1.807) is 18.5 Å². The number of halogens is 1. The number of piperazine rings is 1. The third-order valence-electron chi connectivity index (χ3n) is 4.16. The zero-order valence-electron chi connectivity index (χ0n) is 14.1. The van der Waals surface area contributed by atoms with Gasteiger partial charge >= 0.3 is 0 Å². The number of aromatic nitrogens is 2. The van der Waals surface area contributed by atoms with E-state index in [2.05, 4.69) is 30.8 Å². The SMILES string of the molecule is CC[C@@H](Oc1ccc(Br)cc1)C(=O)N1CCN(c2ncccn2)CC1. The number of rotatable bonds is 5. The largest absolute Gasteiger partial charge is 0.481 e. The van der Waals surface area contributed by atoms with E-state index in [1.165, 1.54) is 0 Å². The van der Waals surface area contributed by atoms with E-state index >= 15 is 0 Å². The average molecular weight is 405 g/mol. The van der Waals surface area contributed by atoms with E-state index < -0.39 is 6.10 Å². The van der Waals surface area contributed by atoms with Crippen molar-refractivity contribution in [1.82, 2.24) is 14.9 Å². The zero-order valence-corrected chi connectivity index (χ0v) is 15.7. The van der Waals surface area contributed by atoms with Gasteiger partial charge in [0.05, 0.1) is 0 Å². The number of hydrogen-bond acceptors (Lipinski definition) is 5. The molecule has 0 radical (unpaired) electrons. The molecule has 1 amide bonds. The van der Waals surface area contributed by atoms with Gasteiger partial charge in [-0.1, -0.05) is 22.9 Å². The summed E-state index contributed by atoms with van der Waals surface area (Å²) in [6, 6.07) is 9.35. The molecular weight excluding hydrogens is 384 g/mol. The monoisotopic (exact) mass is 404 g/mol. The average Bonchev–Trinajstić information content (AvgIpc) is 2.68. The van der Waals surface area contributed by atoms with Crippen LogP contribution in [0.3, 0.4) is 0 Å². The van der Waals surface area contributed by atoms with Crippen LogP contribution in [0, 0.1) is 0 Å². The summed E-state index contributed by atoms with van der Waals surface area (Å²) in [5.74, 6) is 1.46. The molecule has 1 atom stereocenters. The first-order valence-corrected chi connectivity index (χ1v) is 9.19. The molecule has 7 heteroatoms. The van der Waals surface area contributed by atoms with Crippen LogP contribution in [-0.4, -0.2) is 53.1 Å². The number of carbonyl (C=O) groups is 1. The van der Waals surface area contributed by atoms with Crippen LogP contribution in [0.25, 0.3) is 0 Å². The predicted molar refractivity (Wildman–Crippen MR) is 99.7 cm³/mol. The second-order valence-electron chi connectivity index (χ2n) is 5.83. The Kier molecular flexibility index (Phi) is 5.86. The molecule has 1 aromatic heterocycles. The Morgan fingerprint density at radius 2 is 1.80 bits per heavy atom. The van der Waals surface area contributed by atoms with Crippen molar-refractivity contribution in [3.63, 3.8) is 0 Å². The maximum absolute atomic E-state index is 12.8. The summed E-state index contributed by atoms with van der Waals surface area (Å²) < 4.78 is 6.88. The molecule has 6 nitrogen and oxygen atoms in total. The molecule has 0 saturated carbocycles. The van der Waals surface area contributed by atoms with Crippen molar-refractivity contribution in [3.05, 3.63) is 47.2 Å². The smallest absolute Gasteiger partial charge is 0.263 e. The number of hydrogen-bond donors (Lipinski definition) is 0. The minimum Gasteiger partial charge on any atom is -0.481 e. The Labute approximate surface area is 156 Å². The molecule has 3 rings (SSSR count). The van der Waals surface area contributed by atoms with Gasteiger partial charge in [-0.25, -0.2) is 9.97 Å². The Bertz CT molecular complexity index is 688. The van der Waals surface area contributed by atoms with Crippen molar-refractivity contribution in [2.24, 2.45) is 0 Å². The van der Waals surface area contributed by atoms with Gasteiger partial charge in [-0.05, 0) is 36.8 Å². The van der Waals surface area contributed by atoms with Crippen molar-refractivity contribution in [2.75, 3.05) is 31.1 Å². The maximum Gasteiger partial charge on any atom is 0.263 e. The van der Waals surface area contributed by atoms with Crippen molar-refractivity contribution in [2.45, 2.75) is 19.4 Å². The highest BCUT2D eigenvalue weighted by atomic mass is 79.9. The second kappa shape index (κ2) is 8.29. The lowest BCUT2D eigenvalue weighted by atomic mass is 10.2. The van der Waals surface area contributed by atoms with Crippen LogP contribution in [0.5, 0.6) is 5.75 Å². The van der Waals surface area contributed by atoms with Gasteiger partial charge in [0.15, 0.2) is 6.10 Å². The van der Waals surface area contributed by atoms with Gasteiger partial charge in [0.2, 0.25) is 5.95 Å². The Morgan fingerprint density at radius 3 is 2.40 bits per heavy atom. The van der Waals surface area contributed by atoms with E-state index in [9.17, 15) is 4.79 Å². The van der Waals surface area contributed by atoms with Crippen molar-refractivity contribution in [1.29, 1.82) is 0 Å². The number of amides is 1. The van der Waals surface area contributed by atoms with Crippen LogP contribution in [0.2, 0.25) is 0 Å². The van der Waals surface area contributed by atoms with E-state index in [4.69, 9.17) is 4.74 Å². The first-order chi connectivity index (χ1) is 12.2. The highest BCUT2D eigenvalue weighted by Gasteiger charge is 2.28.